The Kier molecular flexibility index (Phi) is 5.95. The van der Waals surface area contributed by atoms with Gasteiger partial charge in [-0.2, -0.15) is 0 Å². The molecule has 0 bridgehead atoms. The molecule has 0 spiro atoms. The van der Waals surface area contributed by atoms with Gasteiger partial charge in [-0.25, -0.2) is 4.79 Å². The van der Waals surface area contributed by atoms with Gasteiger partial charge in [0.05, 0.1) is 23.3 Å². The molecular formula is C27H32N2O3. The maximum Gasteiger partial charge on any atom is 0.337 e. The molecule has 3 aromatic rings. The number of hydrogen-bond donors (Lipinski definition) is 2. The second-order valence-corrected chi connectivity index (χ2v) is 9.61. The number of para-hydroxylation sites is 1. The van der Waals surface area contributed by atoms with Crippen molar-refractivity contribution < 1.29 is 14.6 Å². The van der Waals surface area contributed by atoms with Crippen molar-refractivity contribution in [2.24, 2.45) is 0 Å². The van der Waals surface area contributed by atoms with Crippen LogP contribution >= 0.6 is 0 Å². The van der Waals surface area contributed by atoms with E-state index in [0.29, 0.717) is 18.2 Å². The van der Waals surface area contributed by atoms with E-state index in [-0.39, 0.29) is 17.2 Å². The van der Waals surface area contributed by atoms with Crippen molar-refractivity contribution >= 4 is 22.6 Å². The molecule has 2 atom stereocenters. The summed E-state index contributed by atoms with van der Waals surface area (Å²) in [7, 11) is 0. The number of aryl methyl sites for hydroxylation is 2. The topological polar surface area (TPSA) is 71.5 Å². The second-order valence-electron chi connectivity index (χ2n) is 9.61. The third-order valence-electron chi connectivity index (χ3n) is 6.55. The largest absolute Gasteiger partial charge is 0.478 e. The monoisotopic (exact) mass is 432 g/mol. The van der Waals surface area contributed by atoms with Crippen LogP contribution in [-0.4, -0.2) is 28.3 Å². The summed E-state index contributed by atoms with van der Waals surface area (Å²) in [6, 6.07) is 13.5. The summed E-state index contributed by atoms with van der Waals surface area (Å²) in [6.07, 6.45) is 2.11. The predicted octanol–water partition coefficient (Wildman–Crippen LogP) is 6.40. The van der Waals surface area contributed by atoms with Crippen molar-refractivity contribution in [3.8, 4) is 0 Å². The quantitative estimate of drug-likeness (QED) is 0.488. The molecule has 0 aliphatic carbocycles. The van der Waals surface area contributed by atoms with Crippen molar-refractivity contribution in [3.63, 3.8) is 0 Å². The average molecular weight is 433 g/mol. The number of carboxylic acid groups (broad SMARTS) is 1. The molecule has 2 N–H and O–H groups in total. The third-order valence-corrected chi connectivity index (χ3v) is 6.55. The number of aromatic nitrogens is 1. The normalized spacial score (nSPS) is 19.0. The Morgan fingerprint density at radius 1 is 1.22 bits per heavy atom. The molecule has 1 aliphatic heterocycles. The van der Waals surface area contributed by atoms with Crippen LogP contribution in [0.2, 0.25) is 0 Å². The highest BCUT2D eigenvalue weighted by molar-refractivity contribution is 5.94. The zero-order valence-electron chi connectivity index (χ0n) is 19.5. The summed E-state index contributed by atoms with van der Waals surface area (Å²) in [5.41, 5.74) is 6.35. The number of carbonyl (C=O) groups is 1. The number of hydrogen-bond acceptors (Lipinski definition) is 4. The minimum Gasteiger partial charge on any atom is -0.478 e. The fraction of sp³-hybridized carbons (Fsp3) is 0.407. The minimum atomic E-state index is -0.936. The maximum atomic E-state index is 11.6. The molecule has 5 nitrogen and oxygen atoms in total. The SMILES string of the molecule is Cc1cc(C(C)Nc2ccccc2C(=O)O)c2cc(C3CCC(C)(C)OC3)c(C)nc2c1. The molecule has 2 heterocycles. The number of nitrogens with zero attached hydrogens (tertiary/aromatic N) is 1. The van der Waals surface area contributed by atoms with Crippen LogP contribution in [0.4, 0.5) is 5.69 Å². The van der Waals surface area contributed by atoms with Crippen molar-refractivity contribution in [2.75, 3.05) is 11.9 Å². The number of benzene rings is 2. The lowest BCUT2D eigenvalue weighted by atomic mass is 9.85. The first-order valence-corrected chi connectivity index (χ1v) is 11.3. The number of fused-ring (bicyclic) bond motifs is 1. The van der Waals surface area contributed by atoms with Gasteiger partial charge in [0.1, 0.15) is 0 Å². The van der Waals surface area contributed by atoms with Crippen LogP contribution in [0.1, 0.15) is 78.3 Å². The Labute approximate surface area is 189 Å². The fourth-order valence-corrected chi connectivity index (χ4v) is 4.69. The summed E-state index contributed by atoms with van der Waals surface area (Å²) in [5.74, 6) is -0.598. The molecule has 1 aliphatic rings. The number of carboxylic acids is 1. The minimum absolute atomic E-state index is 0.0626. The number of nitrogens with one attached hydrogen (secondary N) is 1. The Bertz CT molecular complexity index is 1160. The molecule has 1 saturated heterocycles. The zero-order chi connectivity index (χ0) is 23.0. The van der Waals surface area contributed by atoms with E-state index in [1.165, 1.54) is 5.56 Å². The molecular weight excluding hydrogens is 400 g/mol. The van der Waals surface area contributed by atoms with Gasteiger partial charge in [0.15, 0.2) is 0 Å². The van der Waals surface area contributed by atoms with E-state index in [9.17, 15) is 9.90 Å². The number of pyridine rings is 1. The van der Waals surface area contributed by atoms with Gasteiger partial charge in [-0.1, -0.05) is 18.2 Å². The highest BCUT2D eigenvalue weighted by Gasteiger charge is 2.29. The first kappa shape index (κ1) is 22.3. The lowest BCUT2D eigenvalue weighted by molar-refractivity contribution is -0.0611. The van der Waals surface area contributed by atoms with E-state index in [0.717, 1.165) is 40.6 Å². The van der Waals surface area contributed by atoms with Crippen LogP contribution in [-0.2, 0) is 4.74 Å². The van der Waals surface area contributed by atoms with Gasteiger partial charge in [-0.05, 0) is 88.4 Å². The highest BCUT2D eigenvalue weighted by atomic mass is 16.5. The molecule has 0 amide bonds. The van der Waals surface area contributed by atoms with E-state index >= 15 is 0 Å². The average Bonchev–Trinajstić information content (AvgIpc) is 2.73. The first-order valence-electron chi connectivity index (χ1n) is 11.3. The molecule has 2 aromatic carbocycles. The van der Waals surface area contributed by atoms with Gasteiger partial charge in [0, 0.05) is 28.7 Å². The van der Waals surface area contributed by atoms with Gasteiger partial charge in [-0.15, -0.1) is 0 Å². The summed E-state index contributed by atoms with van der Waals surface area (Å²) in [4.78, 5) is 16.6. The Morgan fingerprint density at radius 2 is 1.97 bits per heavy atom. The van der Waals surface area contributed by atoms with E-state index in [4.69, 9.17) is 9.72 Å². The molecule has 0 saturated carbocycles. The summed E-state index contributed by atoms with van der Waals surface area (Å²) in [5, 5.41) is 14.1. The maximum absolute atomic E-state index is 11.6. The molecule has 1 fully saturated rings. The predicted molar refractivity (Wildman–Crippen MR) is 129 cm³/mol. The van der Waals surface area contributed by atoms with E-state index in [2.05, 4.69) is 58.1 Å². The van der Waals surface area contributed by atoms with Gasteiger partial charge < -0.3 is 15.2 Å². The molecule has 4 rings (SSSR count). The fourth-order valence-electron chi connectivity index (χ4n) is 4.69. The molecule has 168 valence electrons. The van der Waals surface area contributed by atoms with Crippen LogP contribution in [0.15, 0.2) is 42.5 Å². The smallest absolute Gasteiger partial charge is 0.337 e. The van der Waals surface area contributed by atoms with E-state index in [1.54, 1.807) is 12.1 Å². The molecule has 0 radical (unpaired) electrons. The number of anilines is 1. The van der Waals surface area contributed by atoms with Crippen molar-refractivity contribution in [1.82, 2.24) is 4.98 Å². The van der Waals surface area contributed by atoms with Gasteiger partial charge in [0.25, 0.3) is 0 Å². The zero-order valence-corrected chi connectivity index (χ0v) is 19.5. The summed E-state index contributed by atoms with van der Waals surface area (Å²) < 4.78 is 6.12. The van der Waals surface area contributed by atoms with Crippen LogP contribution in [0.3, 0.4) is 0 Å². The number of aromatic carboxylic acids is 1. The van der Waals surface area contributed by atoms with E-state index < -0.39 is 5.97 Å². The third kappa shape index (κ3) is 4.49. The Morgan fingerprint density at radius 3 is 2.66 bits per heavy atom. The van der Waals surface area contributed by atoms with Gasteiger partial charge >= 0.3 is 5.97 Å². The Balaban J connectivity index is 1.73. The Hall–Kier alpha value is -2.92. The van der Waals surface area contributed by atoms with Gasteiger partial charge in [0.2, 0.25) is 0 Å². The molecule has 1 aromatic heterocycles. The summed E-state index contributed by atoms with van der Waals surface area (Å²) >= 11 is 0. The van der Waals surface area contributed by atoms with Crippen LogP contribution < -0.4 is 5.32 Å². The van der Waals surface area contributed by atoms with Crippen molar-refractivity contribution in [2.45, 2.75) is 65.0 Å². The first-order chi connectivity index (χ1) is 15.1. The molecule has 32 heavy (non-hydrogen) atoms. The van der Waals surface area contributed by atoms with Gasteiger partial charge in [-0.3, -0.25) is 4.98 Å². The second kappa shape index (κ2) is 8.55. The standard InChI is InChI=1S/C27H32N2O3/c1-16-12-22(18(3)28-24-9-7-6-8-20(24)26(30)31)23-14-21(17(2)29-25(23)13-16)19-10-11-27(4,5)32-15-19/h6-9,12-14,18-19,28H,10-11,15H2,1-5H3,(H,30,31). The van der Waals surface area contributed by atoms with Crippen LogP contribution in [0, 0.1) is 13.8 Å². The molecule has 5 heteroatoms. The number of rotatable bonds is 5. The number of ether oxygens (including phenoxy) is 1. The summed E-state index contributed by atoms with van der Waals surface area (Å²) in [6.45, 7) is 11.2. The van der Waals surface area contributed by atoms with Crippen LogP contribution in [0.25, 0.3) is 10.9 Å². The van der Waals surface area contributed by atoms with E-state index in [1.807, 2.05) is 12.1 Å². The molecule has 2 unspecified atom stereocenters. The van der Waals surface area contributed by atoms with Crippen molar-refractivity contribution in [3.05, 3.63) is 70.4 Å². The van der Waals surface area contributed by atoms with Crippen LogP contribution in [0.5, 0.6) is 0 Å². The van der Waals surface area contributed by atoms with Crippen molar-refractivity contribution in [1.29, 1.82) is 0 Å². The lowest BCUT2D eigenvalue weighted by Crippen LogP contribution is -2.33. The lowest BCUT2D eigenvalue weighted by Gasteiger charge is -2.35. The highest BCUT2D eigenvalue weighted by Crippen LogP contribution is 2.37.